The number of rotatable bonds is 2. The first-order chi connectivity index (χ1) is 7.18. The van der Waals surface area contributed by atoms with Crippen molar-refractivity contribution in [1.82, 2.24) is 0 Å². The maximum atomic E-state index is 12.0. The smallest absolute Gasteiger partial charge is 0.170 e. The average Bonchev–Trinajstić information content (AvgIpc) is 2.69. The first-order valence-corrected chi connectivity index (χ1v) is 5.23. The Morgan fingerprint density at radius 3 is 2.81 bits per heavy atom. The molecule has 5 heteroatoms. The van der Waals surface area contributed by atoms with Crippen LogP contribution in [0.4, 0.5) is 5.69 Å². The van der Waals surface area contributed by atoms with E-state index in [-0.39, 0.29) is 24.1 Å². The van der Waals surface area contributed by atoms with Crippen LogP contribution >= 0.6 is 24.0 Å². The van der Waals surface area contributed by atoms with Crippen LogP contribution in [0.1, 0.15) is 16.8 Å². The Hall–Kier alpha value is -0.770. The molecule has 1 aliphatic rings. The van der Waals surface area contributed by atoms with Crippen LogP contribution in [0.3, 0.4) is 0 Å². The molecule has 2 rings (SSSR count). The number of ether oxygens (including phenoxy) is 1. The van der Waals surface area contributed by atoms with E-state index in [2.05, 4.69) is 0 Å². The lowest BCUT2D eigenvalue weighted by Crippen LogP contribution is -2.16. The third kappa shape index (κ3) is 2.67. The maximum absolute atomic E-state index is 12.0. The van der Waals surface area contributed by atoms with Crippen molar-refractivity contribution in [2.24, 2.45) is 5.92 Å². The number of carbonyl (C=O) groups is 1. The number of hydrogen-bond acceptors (Lipinski definition) is 3. The Balaban J connectivity index is 0.00000128. The Morgan fingerprint density at radius 1 is 1.50 bits per heavy atom. The highest BCUT2D eigenvalue weighted by Crippen LogP contribution is 2.24. The summed E-state index contributed by atoms with van der Waals surface area (Å²) in [6, 6.07) is 4.96. The lowest BCUT2D eigenvalue weighted by atomic mass is 9.96. The second-order valence-electron chi connectivity index (χ2n) is 3.66. The molecule has 16 heavy (non-hydrogen) atoms. The molecule has 1 aromatic carbocycles. The number of Topliss-reactive ketones (excluding diaryl/α,β-unsaturated/α-hetero) is 1. The Bertz CT molecular complexity index is 390. The molecule has 0 spiro atoms. The van der Waals surface area contributed by atoms with Crippen molar-refractivity contribution in [3.8, 4) is 0 Å². The van der Waals surface area contributed by atoms with Crippen LogP contribution < -0.4 is 5.73 Å². The number of hydrogen-bond donors (Lipinski definition) is 1. The number of benzene rings is 1. The van der Waals surface area contributed by atoms with Gasteiger partial charge in [-0.3, -0.25) is 4.79 Å². The van der Waals surface area contributed by atoms with Crippen molar-refractivity contribution in [2.45, 2.75) is 6.42 Å². The Morgan fingerprint density at radius 2 is 2.25 bits per heavy atom. The van der Waals surface area contributed by atoms with Gasteiger partial charge >= 0.3 is 0 Å². The van der Waals surface area contributed by atoms with Crippen LogP contribution in [0.5, 0.6) is 0 Å². The second kappa shape index (κ2) is 5.53. The summed E-state index contributed by atoms with van der Waals surface area (Å²) in [4.78, 5) is 12.0. The predicted molar refractivity (Wildman–Crippen MR) is 66.4 cm³/mol. The summed E-state index contributed by atoms with van der Waals surface area (Å²) in [7, 11) is 0. The normalized spacial score (nSPS) is 19.2. The van der Waals surface area contributed by atoms with E-state index in [9.17, 15) is 4.79 Å². The highest BCUT2D eigenvalue weighted by Gasteiger charge is 2.25. The summed E-state index contributed by atoms with van der Waals surface area (Å²) in [5.74, 6) is 0.00939. The standard InChI is InChI=1S/C11H12ClNO2.ClH/c12-8-1-2-9(10(13)5-8)11(14)7-3-4-15-6-7;/h1-2,5,7H,3-4,6,13H2;1H. The van der Waals surface area contributed by atoms with Gasteiger partial charge in [-0.15, -0.1) is 12.4 Å². The molecule has 0 saturated carbocycles. The SMILES string of the molecule is Cl.Nc1cc(Cl)ccc1C(=O)C1CCOC1. The molecule has 88 valence electrons. The van der Waals surface area contributed by atoms with Gasteiger partial charge in [0.25, 0.3) is 0 Å². The molecule has 0 radical (unpaired) electrons. The number of carbonyl (C=O) groups excluding carboxylic acids is 1. The van der Waals surface area contributed by atoms with Gasteiger partial charge < -0.3 is 10.5 Å². The fraction of sp³-hybridized carbons (Fsp3) is 0.364. The molecule has 0 aromatic heterocycles. The summed E-state index contributed by atoms with van der Waals surface area (Å²) in [5.41, 5.74) is 6.74. The maximum Gasteiger partial charge on any atom is 0.170 e. The van der Waals surface area contributed by atoms with E-state index in [1.54, 1.807) is 18.2 Å². The van der Waals surface area contributed by atoms with Gasteiger partial charge in [-0.2, -0.15) is 0 Å². The molecule has 3 nitrogen and oxygen atoms in total. The van der Waals surface area contributed by atoms with Gasteiger partial charge in [-0.1, -0.05) is 11.6 Å². The molecule has 1 aromatic rings. The van der Waals surface area contributed by atoms with E-state index in [1.165, 1.54) is 0 Å². The predicted octanol–water partition coefficient (Wildman–Crippen LogP) is 2.56. The fourth-order valence-electron chi connectivity index (χ4n) is 1.72. The van der Waals surface area contributed by atoms with Crippen LogP contribution in [-0.2, 0) is 4.74 Å². The molecule has 0 aliphatic carbocycles. The van der Waals surface area contributed by atoms with Gasteiger partial charge in [0, 0.05) is 28.8 Å². The lowest BCUT2D eigenvalue weighted by Gasteiger charge is -2.09. The number of ketones is 1. The van der Waals surface area contributed by atoms with E-state index in [0.29, 0.717) is 29.5 Å². The quantitative estimate of drug-likeness (QED) is 0.658. The van der Waals surface area contributed by atoms with Crippen LogP contribution in [-0.4, -0.2) is 19.0 Å². The van der Waals surface area contributed by atoms with Gasteiger partial charge in [-0.05, 0) is 24.6 Å². The zero-order valence-electron chi connectivity index (χ0n) is 8.61. The third-order valence-corrected chi connectivity index (χ3v) is 2.81. The molecule has 2 N–H and O–H groups in total. The van der Waals surface area contributed by atoms with Crippen molar-refractivity contribution in [3.05, 3.63) is 28.8 Å². The van der Waals surface area contributed by atoms with Gasteiger partial charge in [0.1, 0.15) is 0 Å². The monoisotopic (exact) mass is 261 g/mol. The van der Waals surface area contributed by atoms with Crippen LogP contribution in [0.2, 0.25) is 5.02 Å². The minimum absolute atomic E-state index is 0. The molecule has 1 atom stereocenters. The van der Waals surface area contributed by atoms with Gasteiger partial charge in [0.15, 0.2) is 5.78 Å². The van der Waals surface area contributed by atoms with Crippen molar-refractivity contribution in [1.29, 1.82) is 0 Å². The highest BCUT2D eigenvalue weighted by molar-refractivity contribution is 6.31. The van der Waals surface area contributed by atoms with Gasteiger partial charge in [0.05, 0.1) is 6.61 Å². The summed E-state index contributed by atoms with van der Waals surface area (Å²) >= 11 is 5.77. The summed E-state index contributed by atoms with van der Waals surface area (Å²) in [6.45, 7) is 1.16. The van der Waals surface area contributed by atoms with E-state index in [0.717, 1.165) is 6.42 Å². The fourth-order valence-corrected chi connectivity index (χ4v) is 1.90. The average molecular weight is 262 g/mol. The first-order valence-electron chi connectivity index (χ1n) is 4.85. The lowest BCUT2D eigenvalue weighted by molar-refractivity contribution is 0.0901. The molecule has 1 unspecified atom stereocenters. The summed E-state index contributed by atoms with van der Waals surface area (Å²) in [5, 5.41) is 0.548. The minimum atomic E-state index is -0.0477. The topological polar surface area (TPSA) is 52.3 Å². The molecule has 1 saturated heterocycles. The van der Waals surface area contributed by atoms with E-state index >= 15 is 0 Å². The second-order valence-corrected chi connectivity index (χ2v) is 4.09. The van der Waals surface area contributed by atoms with Crippen molar-refractivity contribution in [3.63, 3.8) is 0 Å². The zero-order valence-corrected chi connectivity index (χ0v) is 10.2. The molecule has 1 heterocycles. The largest absolute Gasteiger partial charge is 0.398 e. The Labute approximate surface area is 105 Å². The number of nitrogens with two attached hydrogens (primary N) is 1. The van der Waals surface area contributed by atoms with Gasteiger partial charge in [-0.25, -0.2) is 0 Å². The summed E-state index contributed by atoms with van der Waals surface area (Å²) in [6.07, 6.45) is 0.779. The molecule has 1 aliphatic heterocycles. The Kier molecular flexibility index (Phi) is 4.59. The van der Waals surface area contributed by atoms with Crippen molar-refractivity contribution < 1.29 is 9.53 Å². The molecule has 0 amide bonds. The summed E-state index contributed by atoms with van der Waals surface area (Å²) < 4.78 is 5.18. The number of nitrogen functional groups attached to an aromatic ring is 1. The van der Waals surface area contributed by atoms with Crippen LogP contribution in [0.15, 0.2) is 18.2 Å². The molecule has 1 fully saturated rings. The highest BCUT2D eigenvalue weighted by atomic mass is 35.5. The van der Waals surface area contributed by atoms with E-state index in [4.69, 9.17) is 22.1 Å². The molecule has 0 bridgehead atoms. The van der Waals surface area contributed by atoms with Crippen LogP contribution in [0, 0.1) is 5.92 Å². The van der Waals surface area contributed by atoms with Crippen molar-refractivity contribution >= 4 is 35.5 Å². The minimum Gasteiger partial charge on any atom is -0.398 e. The first kappa shape index (κ1) is 13.3. The van der Waals surface area contributed by atoms with Gasteiger partial charge in [0.2, 0.25) is 0 Å². The molecular weight excluding hydrogens is 249 g/mol. The number of halogens is 2. The molecular formula is C11H13Cl2NO2. The van der Waals surface area contributed by atoms with E-state index < -0.39 is 0 Å². The number of anilines is 1. The van der Waals surface area contributed by atoms with Crippen molar-refractivity contribution in [2.75, 3.05) is 18.9 Å². The van der Waals surface area contributed by atoms with E-state index in [1.807, 2.05) is 0 Å². The van der Waals surface area contributed by atoms with Crippen LogP contribution in [0.25, 0.3) is 0 Å². The third-order valence-electron chi connectivity index (χ3n) is 2.58. The zero-order chi connectivity index (χ0) is 10.8.